The van der Waals surface area contributed by atoms with Crippen molar-refractivity contribution in [1.29, 1.82) is 0 Å². The largest absolute Gasteiger partial charge is 0.385 e. The van der Waals surface area contributed by atoms with E-state index in [4.69, 9.17) is 0 Å². The fourth-order valence-corrected chi connectivity index (χ4v) is 5.55. The van der Waals surface area contributed by atoms with Gasteiger partial charge in [0.05, 0.1) is 9.64 Å². The zero-order valence-corrected chi connectivity index (χ0v) is 19.7. The SMILES string of the molecule is CC(C)NS(=O)(=O)c1ccc(NC[C@H]2CC[C@H](NS(=O)(=O)C(C)(C)C)CC2)cc1. The first-order valence-corrected chi connectivity index (χ1v) is 13.1. The highest BCUT2D eigenvalue weighted by Crippen LogP contribution is 2.27. The van der Waals surface area contributed by atoms with Gasteiger partial charge in [0, 0.05) is 24.3 Å². The lowest BCUT2D eigenvalue weighted by Gasteiger charge is -2.31. The van der Waals surface area contributed by atoms with Gasteiger partial charge in [-0.15, -0.1) is 0 Å². The maximum Gasteiger partial charge on any atom is 0.240 e. The standard InChI is InChI=1S/C20H35N3O4S2/c1-15(2)22-28(24,25)19-12-10-17(11-13-19)21-14-16-6-8-18(9-7-16)23-29(26,27)20(3,4)5/h10-13,15-16,18,21-23H,6-9,14H2,1-5H3/t16-,18-. The van der Waals surface area contributed by atoms with Crippen molar-refractivity contribution >= 4 is 25.7 Å². The normalized spacial score (nSPS) is 21.3. The molecule has 7 nitrogen and oxygen atoms in total. The van der Waals surface area contributed by atoms with Gasteiger partial charge >= 0.3 is 0 Å². The van der Waals surface area contributed by atoms with E-state index in [1.807, 2.05) is 0 Å². The fraction of sp³-hybridized carbons (Fsp3) is 0.700. The number of hydrogen-bond donors (Lipinski definition) is 3. The third-order valence-corrected chi connectivity index (χ3v) is 9.06. The van der Waals surface area contributed by atoms with Crippen molar-refractivity contribution in [3.63, 3.8) is 0 Å². The molecular formula is C20H35N3O4S2. The number of benzene rings is 1. The summed E-state index contributed by atoms with van der Waals surface area (Å²) in [6.45, 7) is 9.49. The van der Waals surface area contributed by atoms with E-state index in [9.17, 15) is 16.8 Å². The van der Waals surface area contributed by atoms with Gasteiger partial charge in [0.15, 0.2) is 0 Å². The summed E-state index contributed by atoms with van der Waals surface area (Å²) in [7, 11) is -6.79. The minimum atomic E-state index is -3.48. The predicted octanol–water partition coefficient (Wildman–Crippen LogP) is 3.06. The summed E-state index contributed by atoms with van der Waals surface area (Å²) in [6.07, 6.45) is 3.57. The van der Waals surface area contributed by atoms with Crippen LogP contribution in [0.1, 0.15) is 60.3 Å². The molecule has 2 rings (SSSR count). The Morgan fingerprint density at radius 1 is 0.966 bits per heavy atom. The van der Waals surface area contributed by atoms with Crippen LogP contribution in [-0.4, -0.2) is 40.2 Å². The molecule has 0 atom stereocenters. The van der Waals surface area contributed by atoms with Crippen LogP contribution < -0.4 is 14.8 Å². The van der Waals surface area contributed by atoms with Crippen LogP contribution in [0.25, 0.3) is 0 Å². The Balaban J connectivity index is 1.82. The van der Waals surface area contributed by atoms with Crippen molar-refractivity contribution in [3.05, 3.63) is 24.3 Å². The summed E-state index contributed by atoms with van der Waals surface area (Å²) in [5.74, 6) is 0.469. The smallest absolute Gasteiger partial charge is 0.240 e. The molecule has 0 bridgehead atoms. The van der Waals surface area contributed by atoms with Crippen LogP contribution in [0.15, 0.2) is 29.2 Å². The first-order valence-electron chi connectivity index (χ1n) is 10.2. The van der Waals surface area contributed by atoms with Crippen LogP contribution in [0.5, 0.6) is 0 Å². The van der Waals surface area contributed by atoms with Gasteiger partial charge in [-0.3, -0.25) is 0 Å². The van der Waals surface area contributed by atoms with Gasteiger partial charge in [0.1, 0.15) is 0 Å². The van der Waals surface area contributed by atoms with Crippen LogP contribution in [0.4, 0.5) is 5.69 Å². The molecule has 0 amide bonds. The summed E-state index contributed by atoms with van der Waals surface area (Å²) in [5.41, 5.74) is 0.879. The van der Waals surface area contributed by atoms with Gasteiger partial charge in [0.2, 0.25) is 20.0 Å². The molecule has 0 unspecified atom stereocenters. The maximum absolute atomic E-state index is 12.3. The van der Waals surface area contributed by atoms with Crippen molar-refractivity contribution in [3.8, 4) is 0 Å². The molecule has 1 fully saturated rings. The lowest BCUT2D eigenvalue weighted by Crippen LogP contribution is -2.46. The van der Waals surface area contributed by atoms with Crippen LogP contribution >= 0.6 is 0 Å². The van der Waals surface area contributed by atoms with Crippen molar-refractivity contribution in [1.82, 2.24) is 9.44 Å². The second-order valence-electron chi connectivity index (χ2n) is 9.13. The first kappa shape index (κ1) is 24.1. The summed E-state index contributed by atoms with van der Waals surface area (Å²) in [5, 5.41) is 3.37. The van der Waals surface area contributed by atoms with Crippen molar-refractivity contribution < 1.29 is 16.8 Å². The van der Waals surface area contributed by atoms with Crippen molar-refractivity contribution in [2.75, 3.05) is 11.9 Å². The molecule has 29 heavy (non-hydrogen) atoms. The molecule has 1 aromatic carbocycles. The summed E-state index contributed by atoms with van der Waals surface area (Å²) in [6, 6.07) is 6.61. The number of hydrogen-bond acceptors (Lipinski definition) is 5. The van der Waals surface area contributed by atoms with E-state index in [2.05, 4.69) is 14.8 Å². The molecular weight excluding hydrogens is 410 g/mol. The van der Waals surface area contributed by atoms with Crippen LogP contribution in [0.3, 0.4) is 0 Å². The Morgan fingerprint density at radius 2 is 1.52 bits per heavy atom. The molecule has 3 N–H and O–H groups in total. The molecule has 0 saturated heterocycles. The summed E-state index contributed by atoms with van der Waals surface area (Å²) < 4.78 is 53.6. The van der Waals surface area contributed by atoms with Gasteiger partial charge in [-0.25, -0.2) is 26.3 Å². The maximum atomic E-state index is 12.3. The Labute approximate surface area is 176 Å². The summed E-state index contributed by atoms with van der Waals surface area (Å²) in [4.78, 5) is 0.253. The topological polar surface area (TPSA) is 104 Å². The highest BCUT2D eigenvalue weighted by atomic mass is 32.2. The van der Waals surface area contributed by atoms with Crippen LogP contribution in [0.2, 0.25) is 0 Å². The average Bonchev–Trinajstić information content (AvgIpc) is 2.59. The summed E-state index contributed by atoms with van der Waals surface area (Å²) >= 11 is 0. The highest BCUT2D eigenvalue weighted by molar-refractivity contribution is 7.90. The number of anilines is 1. The van der Waals surface area contributed by atoms with Crippen molar-refractivity contribution in [2.24, 2.45) is 5.92 Å². The predicted molar refractivity (Wildman–Crippen MR) is 118 cm³/mol. The van der Waals surface area contributed by atoms with E-state index >= 15 is 0 Å². The van der Waals surface area contributed by atoms with E-state index in [0.29, 0.717) is 5.92 Å². The Bertz CT molecular complexity index is 865. The molecule has 1 aliphatic carbocycles. The molecule has 9 heteroatoms. The fourth-order valence-electron chi connectivity index (χ4n) is 3.27. The molecule has 0 aromatic heterocycles. The van der Waals surface area contributed by atoms with E-state index in [1.54, 1.807) is 58.9 Å². The van der Waals surface area contributed by atoms with Gasteiger partial charge in [-0.2, -0.15) is 0 Å². The minimum Gasteiger partial charge on any atom is -0.385 e. The van der Waals surface area contributed by atoms with Crippen LogP contribution in [0, 0.1) is 5.92 Å². The Kier molecular flexibility index (Phi) is 7.75. The Hall–Kier alpha value is -1.16. The lowest BCUT2D eigenvalue weighted by atomic mass is 9.86. The first-order chi connectivity index (χ1) is 13.3. The number of rotatable bonds is 8. The zero-order chi connectivity index (χ0) is 21.9. The van der Waals surface area contributed by atoms with E-state index in [1.165, 1.54) is 0 Å². The quantitative estimate of drug-likeness (QED) is 0.570. The average molecular weight is 446 g/mol. The molecule has 166 valence electrons. The molecule has 0 spiro atoms. The zero-order valence-electron chi connectivity index (χ0n) is 18.0. The van der Waals surface area contributed by atoms with Gasteiger partial charge in [0.25, 0.3) is 0 Å². The lowest BCUT2D eigenvalue weighted by molar-refractivity contribution is 0.322. The molecule has 1 aliphatic rings. The van der Waals surface area contributed by atoms with Gasteiger partial charge in [-0.1, -0.05) is 0 Å². The minimum absolute atomic E-state index is 0.00780. The molecule has 1 saturated carbocycles. The monoisotopic (exact) mass is 445 g/mol. The molecule has 0 heterocycles. The van der Waals surface area contributed by atoms with Gasteiger partial charge < -0.3 is 5.32 Å². The number of nitrogens with one attached hydrogen (secondary N) is 3. The van der Waals surface area contributed by atoms with Gasteiger partial charge in [-0.05, 0) is 90.5 Å². The van der Waals surface area contributed by atoms with Crippen LogP contribution in [-0.2, 0) is 20.0 Å². The third kappa shape index (κ3) is 6.94. The van der Waals surface area contributed by atoms with E-state index in [0.717, 1.165) is 37.9 Å². The van der Waals surface area contributed by atoms with E-state index in [-0.39, 0.29) is 17.0 Å². The van der Waals surface area contributed by atoms with E-state index < -0.39 is 24.8 Å². The molecule has 1 aromatic rings. The second kappa shape index (κ2) is 9.32. The number of sulfonamides is 2. The molecule has 0 aliphatic heterocycles. The van der Waals surface area contributed by atoms with Crippen molar-refractivity contribution in [2.45, 2.75) is 82.0 Å². The highest BCUT2D eigenvalue weighted by Gasteiger charge is 2.32. The third-order valence-electron chi connectivity index (χ3n) is 5.13. The molecule has 0 radical (unpaired) electrons. The Morgan fingerprint density at radius 3 is 2.00 bits per heavy atom. The second-order valence-corrected chi connectivity index (χ2v) is 13.3.